The van der Waals surface area contributed by atoms with Gasteiger partial charge in [-0.25, -0.2) is 9.37 Å². The topological polar surface area (TPSA) is 34.1 Å². The Hall–Kier alpha value is -1.94. The van der Waals surface area contributed by atoms with Crippen molar-refractivity contribution in [3.63, 3.8) is 0 Å². The zero-order valence-electron chi connectivity index (χ0n) is 12.3. The highest BCUT2D eigenvalue weighted by Gasteiger charge is 2.21. The summed E-state index contributed by atoms with van der Waals surface area (Å²) in [6.07, 6.45) is 2.49. The molecule has 2 aromatic rings. The standard InChI is InChI=1S/C17H19FN2O/c1-11-9-12(2)20-17(16(11)10-19-14-5-6-14)21-15-7-3-13(18)4-8-15/h3-4,7-9,14,19H,5-6,10H2,1-2H3. The molecule has 1 aromatic carbocycles. The first-order valence-corrected chi connectivity index (χ1v) is 7.26. The summed E-state index contributed by atoms with van der Waals surface area (Å²) in [6, 6.07) is 8.70. The molecule has 1 heterocycles. The summed E-state index contributed by atoms with van der Waals surface area (Å²) in [5, 5.41) is 3.49. The van der Waals surface area contributed by atoms with E-state index < -0.39 is 0 Å². The maximum absolute atomic E-state index is 13.0. The highest BCUT2D eigenvalue weighted by Crippen LogP contribution is 2.28. The van der Waals surface area contributed by atoms with Crippen LogP contribution in [0.3, 0.4) is 0 Å². The number of nitrogens with zero attached hydrogens (tertiary/aromatic N) is 1. The van der Waals surface area contributed by atoms with Gasteiger partial charge in [0.25, 0.3) is 0 Å². The van der Waals surface area contributed by atoms with Crippen LogP contribution in [0.25, 0.3) is 0 Å². The zero-order valence-corrected chi connectivity index (χ0v) is 12.3. The van der Waals surface area contributed by atoms with Gasteiger partial charge in [-0.15, -0.1) is 0 Å². The summed E-state index contributed by atoms with van der Waals surface area (Å²) in [7, 11) is 0. The van der Waals surface area contributed by atoms with Gasteiger partial charge in [0.1, 0.15) is 11.6 Å². The van der Waals surface area contributed by atoms with Gasteiger partial charge in [0.05, 0.1) is 0 Å². The van der Waals surface area contributed by atoms with Gasteiger partial charge in [-0.2, -0.15) is 0 Å². The lowest BCUT2D eigenvalue weighted by molar-refractivity contribution is 0.449. The smallest absolute Gasteiger partial charge is 0.224 e. The van der Waals surface area contributed by atoms with Crippen molar-refractivity contribution in [2.24, 2.45) is 0 Å². The van der Waals surface area contributed by atoms with E-state index in [1.165, 1.54) is 25.0 Å². The van der Waals surface area contributed by atoms with Crippen LogP contribution < -0.4 is 10.1 Å². The predicted molar refractivity (Wildman–Crippen MR) is 80.0 cm³/mol. The number of hydrogen-bond acceptors (Lipinski definition) is 3. The zero-order chi connectivity index (χ0) is 14.8. The number of ether oxygens (including phenoxy) is 1. The van der Waals surface area contributed by atoms with E-state index in [2.05, 4.69) is 23.3 Å². The summed E-state index contributed by atoms with van der Waals surface area (Å²) in [5.41, 5.74) is 3.14. The van der Waals surface area contributed by atoms with Crippen molar-refractivity contribution in [2.45, 2.75) is 39.3 Å². The summed E-state index contributed by atoms with van der Waals surface area (Å²) < 4.78 is 18.8. The molecule has 21 heavy (non-hydrogen) atoms. The molecule has 1 N–H and O–H groups in total. The summed E-state index contributed by atoms with van der Waals surface area (Å²) in [4.78, 5) is 4.49. The molecule has 0 unspecified atom stereocenters. The molecule has 4 heteroatoms. The van der Waals surface area contributed by atoms with Gasteiger partial charge in [-0.05, 0) is 62.6 Å². The number of halogens is 1. The molecule has 0 amide bonds. The van der Waals surface area contributed by atoms with Gasteiger partial charge in [0, 0.05) is 23.8 Å². The minimum Gasteiger partial charge on any atom is -0.439 e. The molecule has 0 spiro atoms. The Morgan fingerprint density at radius 2 is 1.95 bits per heavy atom. The molecule has 3 nitrogen and oxygen atoms in total. The van der Waals surface area contributed by atoms with Crippen LogP contribution >= 0.6 is 0 Å². The minimum atomic E-state index is -0.272. The van der Waals surface area contributed by atoms with Crippen LogP contribution in [-0.2, 0) is 6.54 Å². The lowest BCUT2D eigenvalue weighted by Crippen LogP contribution is -2.17. The molecule has 1 aliphatic carbocycles. The maximum atomic E-state index is 13.0. The average molecular weight is 286 g/mol. The largest absolute Gasteiger partial charge is 0.439 e. The van der Waals surface area contributed by atoms with E-state index in [0.717, 1.165) is 23.4 Å². The van der Waals surface area contributed by atoms with Gasteiger partial charge < -0.3 is 10.1 Å². The van der Waals surface area contributed by atoms with Crippen LogP contribution in [-0.4, -0.2) is 11.0 Å². The molecular formula is C17H19FN2O. The first-order chi connectivity index (χ1) is 10.1. The lowest BCUT2D eigenvalue weighted by Gasteiger charge is -2.14. The maximum Gasteiger partial charge on any atom is 0.224 e. The Labute approximate surface area is 124 Å². The number of benzene rings is 1. The number of aromatic nitrogens is 1. The van der Waals surface area contributed by atoms with Gasteiger partial charge >= 0.3 is 0 Å². The highest BCUT2D eigenvalue weighted by molar-refractivity contribution is 5.39. The first-order valence-electron chi connectivity index (χ1n) is 7.26. The Kier molecular flexibility index (Phi) is 3.88. The predicted octanol–water partition coefficient (Wildman–Crippen LogP) is 3.88. The van der Waals surface area contributed by atoms with Crippen molar-refractivity contribution < 1.29 is 9.13 Å². The number of aryl methyl sites for hydroxylation is 2. The molecule has 1 fully saturated rings. The second-order valence-corrected chi connectivity index (χ2v) is 5.58. The number of pyridine rings is 1. The molecular weight excluding hydrogens is 267 g/mol. The summed E-state index contributed by atoms with van der Waals surface area (Å²) >= 11 is 0. The first kappa shape index (κ1) is 14.0. The van der Waals surface area contributed by atoms with Crippen LogP contribution in [0, 0.1) is 19.7 Å². The van der Waals surface area contributed by atoms with E-state index >= 15 is 0 Å². The number of hydrogen-bond donors (Lipinski definition) is 1. The normalized spacial score (nSPS) is 14.2. The second kappa shape index (κ2) is 5.82. The van der Waals surface area contributed by atoms with Crippen molar-refractivity contribution in [1.29, 1.82) is 0 Å². The second-order valence-electron chi connectivity index (χ2n) is 5.58. The fourth-order valence-corrected chi connectivity index (χ4v) is 2.28. The molecule has 1 saturated carbocycles. The van der Waals surface area contributed by atoms with Gasteiger partial charge in [-0.3, -0.25) is 0 Å². The van der Waals surface area contributed by atoms with Crippen molar-refractivity contribution in [3.8, 4) is 11.6 Å². The average Bonchev–Trinajstić information content (AvgIpc) is 3.24. The van der Waals surface area contributed by atoms with Crippen molar-refractivity contribution >= 4 is 0 Å². The van der Waals surface area contributed by atoms with E-state index in [1.54, 1.807) is 12.1 Å². The van der Waals surface area contributed by atoms with Gasteiger partial charge in [0.15, 0.2) is 0 Å². The van der Waals surface area contributed by atoms with Crippen molar-refractivity contribution in [2.75, 3.05) is 0 Å². The molecule has 0 radical (unpaired) electrons. The Morgan fingerprint density at radius 3 is 2.62 bits per heavy atom. The van der Waals surface area contributed by atoms with Crippen molar-refractivity contribution in [1.82, 2.24) is 10.3 Å². The third-order valence-corrected chi connectivity index (χ3v) is 3.61. The SMILES string of the molecule is Cc1cc(C)c(CNC2CC2)c(Oc2ccc(F)cc2)n1. The Morgan fingerprint density at radius 1 is 1.24 bits per heavy atom. The van der Waals surface area contributed by atoms with Crippen LogP contribution in [0.15, 0.2) is 30.3 Å². The Balaban J connectivity index is 1.85. The van der Waals surface area contributed by atoms with E-state index in [9.17, 15) is 4.39 Å². The van der Waals surface area contributed by atoms with E-state index in [4.69, 9.17) is 4.74 Å². The number of rotatable bonds is 5. The van der Waals surface area contributed by atoms with E-state index in [0.29, 0.717) is 17.7 Å². The van der Waals surface area contributed by atoms with E-state index in [1.807, 2.05) is 6.92 Å². The Bertz CT molecular complexity index is 636. The number of nitrogens with one attached hydrogen (secondary N) is 1. The molecule has 0 atom stereocenters. The lowest BCUT2D eigenvalue weighted by atomic mass is 10.1. The van der Waals surface area contributed by atoms with Crippen LogP contribution in [0.4, 0.5) is 4.39 Å². The molecule has 1 aromatic heterocycles. The third-order valence-electron chi connectivity index (χ3n) is 3.61. The highest BCUT2D eigenvalue weighted by atomic mass is 19.1. The van der Waals surface area contributed by atoms with Crippen LogP contribution in [0.2, 0.25) is 0 Å². The fourth-order valence-electron chi connectivity index (χ4n) is 2.28. The minimum absolute atomic E-state index is 0.272. The molecule has 0 bridgehead atoms. The van der Waals surface area contributed by atoms with Gasteiger partial charge in [-0.1, -0.05) is 0 Å². The van der Waals surface area contributed by atoms with Gasteiger partial charge in [0.2, 0.25) is 5.88 Å². The summed E-state index contributed by atoms with van der Waals surface area (Å²) in [6.45, 7) is 4.76. The van der Waals surface area contributed by atoms with Crippen LogP contribution in [0.1, 0.15) is 29.7 Å². The molecule has 110 valence electrons. The quantitative estimate of drug-likeness (QED) is 0.905. The van der Waals surface area contributed by atoms with Crippen LogP contribution in [0.5, 0.6) is 11.6 Å². The van der Waals surface area contributed by atoms with E-state index in [-0.39, 0.29) is 5.82 Å². The molecule has 3 rings (SSSR count). The summed E-state index contributed by atoms with van der Waals surface area (Å²) in [5.74, 6) is 0.931. The molecule has 0 aliphatic heterocycles. The molecule has 0 saturated heterocycles. The fraction of sp³-hybridized carbons (Fsp3) is 0.353. The monoisotopic (exact) mass is 286 g/mol. The van der Waals surface area contributed by atoms with Crippen molar-refractivity contribution in [3.05, 3.63) is 53.0 Å². The molecule has 1 aliphatic rings. The third kappa shape index (κ3) is 3.58.